The molecule has 0 bridgehead atoms. The minimum absolute atomic E-state index is 0.160. The predicted octanol–water partition coefficient (Wildman–Crippen LogP) is 3.66. The van der Waals surface area contributed by atoms with E-state index in [1.54, 1.807) is 18.0 Å². The van der Waals surface area contributed by atoms with Gasteiger partial charge in [0.25, 0.3) is 0 Å². The summed E-state index contributed by atoms with van der Waals surface area (Å²) in [5, 5.41) is 0.775. The lowest BCUT2D eigenvalue weighted by molar-refractivity contribution is 0.574. The van der Waals surface area contributed by atoms with Gasteiger partial charge in [-0.05, 0) is 46.1 Å². The molecule has 0 aliphatic carbocycles. The minimum atomic E-state index is 0.160. The molecule has 0 aliphatic heterocycles. The van der Waals surface area contributed by atoms with Crippen LogP contribution in [0.4, 0.5) is 0 Å². The molecule has 20 heavy (non-hydrogen) atoms. The molecule has 2 aromatic rings. The van der Waals surface area contributed by atoms with Crippen LogP contribution in [0.3, 0.4) is 0 Å². The molecule has 1 unspecified atom stereocenters. The standard InChI is InChI=1S/C14H15BrClN3S/c15-11-5-10(7-18-8-11)6-12(19-17)9-20-14-4-2-1-3-13(14)16/h1-5,7-8,12,19H,6,9,17H2. The van der Waals surface area contributed by atoms with Gasteiger partial charge in [-0.1, -0.05) is 23.7 Å². The average molecular weight is 373 g/mol. The Kier molecular flexibility index (Phi) is 6.32. The van der Waals surface area contributed by atoms with Crippen LogP contribution < -0.4 is 11.3 Å². The van der Waals surface area contributed by atoms with E-state index in [1.807, 2.05) is 30.5 Å². The molecule has 0 radical (unpaired) electrons. The number of benzene rings is 1. The molecule has 3 N–H and O–H groups in total. The van der Waals surface area contributed by atoms with Crippen LogP contribution in [0.2, 0.25) is 5.02 Å². The van der Waals surface area contributed by atoms with E-state index < -0.39 is 0 Å². The first-order valence-corrected chi connectivity index (χ1v) is 8.27. The lowest BCUT2D eigenvalue weighted by Crippen LogP contribution is -2.38. The van der Waals surface area contributed by atoms with E-state index in [9.17, 15) is 0 Å². The number of thioether (sulfide) groups is 1. The highest BCUT2D eigenvalue weighted by Gasteiger charge is 2.10. The molecule has 1 heterocycles. The van der Waals surface area contributed by atoms with Gasteiger partial charge in [-0.3, -0.25) is 16.3 Å². The van der Waals surface area contributed by atoms with Crippen molar-refractivity contribution in [1.82, 2.24) is 10.4 Å². The number of hydrogen-bond donors (Lipinski definition) is 2. The summed E-state index contributed by atoms with van der Waals surface area (Å²) in [7, 11) is 0. The van der Waals surface area contributed by atoms with E-state index in [0.717, 1.165) is 32.1 Å². The van der Waals surface area contributed by atoms with Crippen molar-refractivity contribution in [3.8, 4) is 0 Å². The highest BCUT2D eigenvalue weighted by Crippen LogP contribution is 2.27. The first kappa shape index (κ1) is 15.8. The molecule has 106 valence electrons. The molecule has 1 aromatic carbocycles. The molecule has 0 spiro atoms. The summed E-state index contributed by atoms with van der Waals surface area (Å²) in [6.45, 7) is 0. The third-order valence-corrected chi connectivity index (χ3v) is 4.87. The van der Waals surface area contributed by atoms with Crippen LogP contribution in [0.25, 0.3) is 0 Å². The Morgan fingerprint density at radius 3 is 2.85 bits per heavy atom. The molecule has 0 aliphatic rings. The number of hydrogen-bond acceptors (Lipinski definition) is 4. The maximum Gasteiger partial charge on any atom is 0.0541 e. The molecule has 6 heteroatoms. The highest BCUT2D eigenvalue weighted by atomic mass is 79.9. The van der Waals surface area contributed by atoms with Crippen LogP contribution in [0, 0.1) is 0 Å². The first-order valence-electron chi connectivity index (χ1n) is 6.12. The quantitative estimate of drug-likeness (QED) is 0.461. The Hall–Kier alpha value is -0.590. The van der Waals surface area contributed by atoms with E-state index in [0.29, 0.717) is 0 Å². The summed E-state index contributed by atoms with van der Waals surface area (Å²) in [6, 6.07) is 10.0. The van der Waals surface area contributed by atoms with Crippen molar-refractivity contribution in [3.63, 3.8) is 0 Å². The summed E-state index contributed by atoms with van der Waals surface area (Å²) in [5.41, 5.74) is 3.99. The van der Waals surface area contributed by atoms with Crippen molar-refractivity contribution >= 4 is 39.3 Å². The van der Waals surface area contributed by atoms with Crippen molar-refractivity contribution in [2.24, 2.45) is 5.84 Å². The topological polar surface area (TPSA) is 50.9 Å². The third-order valence-electron chi connectivity index (χ3n) is 2.76. The van der Waals surface area contributed by atoms with Crippen LogP contribution in [0.15, 0.2) is 52.1 Å². The van der Waals surface area contributed by atoms with Crippen LogP contribution >= 0.6 is 39.3 Å². The number of nitrogens with one attached hydrogen (secondary N) is 1. The van der Waals surface area contributed by atoms with Gasteiger partial charge in [-0.25, -0.2) is 0 Å². The molecule has 3 nitrogen and oxygen atoms in total. The summed E-state index contributed by atoms with van der Waals surface area (Å²) >= 11 is 11.3. The number of rotatable bonds is 6. The summed E-state index contributed by atoms with van der Waals surface area (Å²) in [6.07, 6.45) is 4.45. The Labute approximate surface area is 136 Å². The third kappa shape index (κ3) is 4.75. The van der Waals surface area contributed by atoms with Crippen LogP contribution in [0.1, 0.15) is 5.56 Å². The minimum Gasteiger partial charge on any atom is -0.271 e. The van der Waals surface area contributed by atoms with Crippen LogP contribution in [0.5, 0.6) is 0 Å². The fourth-order valence-electron chi connectivity index (χ4n) is 1.77. The van der Waals surface area contributed by atoms with E-state index in [4.69, 9.17) is 17.4 Å². The number of hydrazine groups is 1. The molecule has 0 amide bonds. The van der Waals surface area contributed by atoms with Crippen molar-refractivity contribution in [2.75, 3.05) is 5.75 Å². The normalized spacial score (nSPS) is 12.3. The molecule has 1 aromatic heterocycles. The zero-order chi connectivity index (χ0) is 14.4. The monoisotopic (exact) mass is 371 g/mol. The highest BCUT2D eigenvalue weighted by molar-refractivity contribution is 9.10. The smallest absolute Gasteiger partial charge is 0.0541 e. The number of aromatic nitrogens is 1. The molecule has 2 rings (SSSR count). The maximum atomic E-state index is 6.14. The molecular weight excluding hydrogens is 358 g/mol. The van der Waals surface area contributed by atoms with Crippen LogP contribution in [-0.2, 0) is 6.42 Å². The van der Waals surface area contributed by atoms with Crippen molar-refractivity contribution in [3.05, 3.63) is 57.8 Å². The van der Waals surface area contributed by atoms with E-state index in [-0.39, 0.29) is 6.04 Å². The number of nitrogens with zero attached hydrogens (tertiary/aromatic N) is 1. The Bertz CT molecular complexity index is 568. The molecule has 0 saturated carbocycles. The average Bonchev–Trinajstić information content (AvgIpc) is 2.45. The zero-order valence-corrected chi connectivity index (χ0v) is 13.9. The fourth-order valence-corrected chi connectivity index (χ4v) is 3.46. The largest absolute Gasteiger partial charge is 0.271 e. The molecule has 0 fully saturated rings. The summed E-state index contributed by atoms with van der Waals surface area (Å²) in [5.74, 6) is 6.47. The van der Waals surface area contributed by atoms with Gasteiger partial charge in [0.15, 0.2) is 0 Å². The number of nitrogens with two attached hydrogens (primary N) is 1. The first-order chi connectivity index (χ1) is 9.69. The molecule has 0 saturated heterocycles. The van der Waals surface area contributed by atoms with Gasteiger partial charge in [0, 0.05) is 33.6 Å². The predicted molar refractivity (Wildman–Crippen MR) is 88.9 cm³/mol. The van der Waals surface area contributed by atoms with Gasteiger partial charge < -0.3 is 0 Å². The van der Waals surface area contributed by atoms with E-state index in [1.165, 1.54) is 0 Å². The van der Waals surface area contributed by atoms with Gasteiger partial charge in [-0.15, -0.1) is 11.8 Å². The Morgan fingerprint density at radius 2 is 2.15 bits per heavy atom. The number of halogens is 2. The maximum absolute atomic E-state index is 6.14. The zero-order valence-electron chi connectivity index (χ0n) is 10.7. The summed E-state index contributed by atoms with van der Waals surface area (Å²) < 4.78 is 0.976. The second kappa shape index (κ2) is 8.00. The second-order valence-corrected chi connectivity index (χ2v) is 6.71. The van der Waals surface area contributed by atoms with E-state index >= 15 is 0 Å². The van der Waals surface area contributed by atoms with Gasteiger partial charge in [0.2, 0.25) is 0 Å². The lowest BCUT2D eigenvalue weighted by Gasteiger charge is -2.16. The Morgan fingerprint density at radius 1 is 1.35 bits per heavy atom. The molecule has 1 atom stereocenters. The Balaban J connectivity index is 1.94. The SMILES string of the molecule is NNC(CSc1ccccc1Cl)Cc1cncc(Br)c1. The van der Waals surface area contributed by atoms with Crippen molar-refractivity contribution in [2.45, 2.75) is 17.4 Å². The van der Waals surface area contributed by atoms with E-state index in [2.05, 4.69) is 32.4 Å². The van der Waals surface area contributed by atoms with Gasteiger partial charge in [-0.2, -0.15) is 0 Å². The fraction of sp³-hybridized carbons (Fsp3) is 0.214. The van der Waals surface area contributed by atoms with Gasteiger partial charge in [0.05, 0.1) is 5.02 Å². The van der Waals surface area contributed by atoms with Crippen molar-refractivity contribution in [1.29, 1.82) is 0 Å². The van der Waals surface area contributed by atoms with Gasteiger partial charge in [0.1, 0.15) is 0 Å². The van der Waals surface area contributed by atoms with Gasteiger partial charge >= 0.3 is 0 Å². The second-order valence-electron chi connectivity index (χ2n) is 4.32. The van der Waals surface area contributed by atoms with Crippen LogP contribution in [-0.4, -0.2) is 16.8 Å². The molecular formula is C14H15BrClN3S. The lowest BCUT2D eigenvalue weighted by atomic mass is 10.1. The summed E-state index contributed by atoms with van der Waals surface area (Å²) in [4.78, 5) is 5.23. The van der Waals surface area contributed by atoms with Crippen molar-refractivity contribution < 1.29 is 0 Å². The number of pyridine rings is 1.